The van der Waals surface area contributed by atoms with Crippen LogP contribution in [-0.4, -0.2) is 37.6 Å². The first-order valence-electron chi connectivity index (χ1n) is 10.1. The molecule has 0 saturated carbocycles. The summed E-state index contributed by atoms with van der Waals surface area (Å²) in [6.07, 6.45) is 0. The number of nitrogens with two attached hydrogens (primary N) is 1. The van der Waals surface area contributed by atoms with E-state index in [4.69, 9.17) is 17.4 Å². The number of hydrogen-bond donors (Lipinski definition) is 1. The largest absolute Gasteiger partial charge is 0.435 e. The third kappa shape index (κ3) is 4.92. The molecule has 0 saturated heterocycles. The number of rotatable bonds is 8. The highest BCUT2D eigenvalue weighted by atomic mass is 35.5. The maximum Gasteiger partial charge on any atom is 0.387 e. The number of benzene rings is 2. The number of thioether (sulfide) groups is 1. The van der Waals surface area contributed by atoms with Crippen molar-refractivity contribution in [2.75, 3.05) is 11.6 Å². The summed E-state index contributed by atoms with van der Waals surface area (Å²) in [6, 6.07) is 15.1. The van der Waals surface area contributed by atoms with Gasteiger partial charge in [-0.2, -0.15) is 8.78 Å². The summed E-state index contributed by atoms with van der Waals surface area (Å²) in [5.74, 6) is 6.68. The second-order valence-corrected chi connectivity index (χ2v) is 8.77. The Kier molecular flexibility index (Phi) is 6.90. The summed E-state index contributed by atoms with van der Waals surface area (Å²) in [7, 11) is 0. The quantitative estimate of drug-likeness (QED) is 0.199. The Morgan fingerprint density at radius 2 is 1.79 bits per heavy atom. The molecule has 7 nitrogen and oxygen atoms in total. The predicted molar refractivity (Wildman–Crippen MR) is 128 cm³/mol. The lowest BCUT2D eigenvalue weighted by Gasteiger charge is -2.11. The summed E-state index contributed by atoms with van der Waals surface area (Å²) < 4.78 is 32.4. The molecular weight excluding hydrogens is 484 g/mol. The summed E-state index contributed by atoms with van der Waals surface area (Å²) in [5.41, 5.74) is 3.62. The molecule has 0 spiro atoms. The molecule has 0 atom stereocenters. The number of ketones is 1. The predicted octanol–water partition coefficient (Wildman–Crippen LogP) is 5.30. The van der Waals surface area contributed by atoms with Crippen molar-refractivity contribution in [3.8, 4) is 22.8 Å². The number of carbonyl (C=O) groups excluding carboxylic acids is 1. The molecule has 0 aliphatic heterocycles. The van der Waals surface area contributed by atoms with E-state index in [1.165, 1.54) is 28.6 Å². The van der Waals surface area contributed by atoms with Crippen molar-refractivity contribution < 1.29 is 18.3 Å². The van der Waals surface area contributed by atoms with Crippen molar-refractivity contribution in [3.05, 3.63) is 76.6 Å². The van der Waals surface area contributed by atoms with Crippen LogP contribution in [0.25, 0.3) is 17.1 Å². The van der Waals surface area contributed by atoms with Gasteiger partial charge in [-0.3, -0.25) is 4.79 Å². The molecule has 0 fully saturated rings. The van der Waals surface area contributed by atoms with Gasteiger partial charge in [-0.05, 0) is 68.4 Å². The minimum Gasteiger partial charge on any atom is -0.435 e. The first-order chi connectivity index (χ1) is 16.2. The molecule has 0 bridgehead atoms. The van der Waals surface area contributed by atoms with E-state index in [1.54, 1.807) is 42.5 Å². The van der Waals surface area contributed by atoms with E-state index in [0.717, 1.165) is 22.6 Å². The lowest BCUT2D eigenvalue weighted by molar-refractivity contribution is -0.0498. The van der Waals surface area contributed by atoms with Gasteiger partial charge in [0.25, 0.3) is 0 Å². The average Bonchev–Trinajstić information content (AvgIpc) is 3.31. The maximum absolute atomic E-state index is 13.0. The van der Waals surface area contributed by atoms with E-state index < -0.39 is 6.61 Å². The zero-order valence-electron chi connectivity index (χ0n) is 18.2. The number of ether oxygens (including phenoxy) is 1. The van der Waals surface area contributed by atoms with Crippen LogP contribution in [0.5, 0.6) is 5.75 Å². The van der Waals surface area contributed by atoms with Crippen LogP contribution in [0.4, 0.5) is 8.78 Å². The summed E-state index contributed by atoms with van der Waals surface area (Å²) in [4.78, 5) is 13.0. The molecule has 2 N–H and O–H groups in total. The summed E-state index contributed by atoms with van der Waals surface area (Å²) >= 11 is 7.11. The molecule has 0 radical (unpaired) electrons. The summed E-state index contributed by atoms with van der Waals surface area (Å²) in [6.45, 7) is 0.817. The van der Waals surface area contributed by atoms with Crippen LogP contribution in [0, 0.1) is 13.8 Å². The molecule has 2 aromatic carbocycles. The minimum absolute atomic E-state index is 0.0674. The number of alkyl halides is 2. The zero-order chi connectivity index (χ0) is 24.4. The highest BCUT2D eigenvalue weighted by molar-refractivity contribution is 7.99. The van der Waals surface area contributed by atoms with Crippen molar-refractivity contribution in [2.45, 2.75) is 25.6 Å². The van der Waals surface area contributed by atoms with Crippen LogP contribution in [0.15, 0.2) is 59.8 Å². The standard InChI is InChI=1S/C23H20ClF2N5O2S/c1-13-11-19(14(2)30(13)17-7-9-18(10-8-17)33-22(25)26)20(32)12-34-23-29-28-21(31(23)27)15-3-5-16(24)6-4-15/h3-11,22H,12,27H2,1-2H3. The zero-order valence-corrected chi connectivity index (χ0v) is 19.8. The van der Waals surface area contributed by atoms with E-state index in [1.807, 2.05) is 18.4 Å². The topological polar surface area (TPSA) is 88.0 Å². The monoisotopic (exact) mass is 503 g/mol. The average molecular weight is 504 g/mol. The Balaban J connectivity index is 1.49. The van der Waals surface area contributed by atoms with Crippen LogP contribution in [0.3, 0.4) is 0 Å². The smallest absolute Gasteiger partial charge is 0.387 e. The van der Waals surface area contributed by atoms with Crippen LogP contribution >= 0.6 is 23.4 Å². The highest BCUT2D eigenvalue weighted by Crippen LogP contribution is 2.27. The van der Waals surface area contributed by atoms with Gasteiger partial charge in [0.2, 0.25) is 5.16 Å². The normalized spacial score (nSPS) is 11.2. The van der Waals surface area contributed by atoms with Crippen LogP contribution in [0.1, 0.15) is 21.7 Å². The van der Waals surface area contributed by atoms with Crippen molar-refractivity contribution in [3.63, 3.8) is 0 Å². The highest BCUT2D eigenvalue weighted by Gasteiger charge is 2.19. The number of aromatic nitrogens is 4. The molecule has 0 amide bonds. The SMILES string of the molecule is Cc1cc(C(=O)CSc2nnc(-c3ccc(Cl)cc3)n2N)c(C)n1-c1ccc(OC(F)F)cc1. The van der Waals surface area contributed by atoms with Crippen molar-refractivity contribution >= 4 is 29.1 Å². The van der Waals surface area contributed by atoms with E-state index in [0.29, 0.717) is 21.6 Å². The van der Waals surface area contributed by atoms with Crippen molar-refractivity contribution in [1.82, 2.24) is 19.4 Å². The molecule has 0 aliphatic carbocycles. The fraction of sp³-hybridized carbons (Fsp3) is 0.174. The van der Waals surface area contributed by atoms with Gasteiger partial charge < -0.3 is 15.1 Å². The van der Waals surface area contributed by atoms with Gasteiger partial charge in [-0.15, -0.1) is 10.2 Å². The first kappa shape index (κ1) is 23.8. The van der Waals surface area contributed by atoms with Gasteiger partial charge in [0.15, 0.2) is 11.6 Å². The Morgan fingerprint density at radius 1 is 1.12 bits per heavy atom. The van der Waals surface area contributed by atoms with Gasteiger partial charge in [-0.1, -0.05) is 23.4 Å². The fourth-order valence-corrected chi connectivity index (χ4v) is 4.46. The Morgan fingerprint density at radius 3 is 2.44 bits per heavy atom. The lowest BCUT2D eigenvalue weighted by Crippen LogP contribution is -2.13. The van der Waals surface area contributed by atoms with E-state index in [2.05, 4.69) is 14.9 Å². The number of Topliss-reactive ketones (excluding diaryl/α,β-unsaturated/α-hetero) is 1. The molecule has 4 rings (SSSR count). The van der Waals surface area contributed by atoms with Crippen LogP contribution in [-0.2, 0) is 0 Å². The molecule has 2 heterocycles. The molecule has 34 heavy (non-hydrogen) atoms. The van der Waals surface area contributed by atoms with E-state index in [9.17, 15) is 13.6 Å². The van der Waals surface area contributed by atoms with Gasteiger partial charge in [0.1, 0.15) is 5.75 Å². The number of nitrogens with zero attached hydrogens (tertiary/aromatic N) is 4. The fourth-order valence-electron chi connectivity index (χ4n) is 3.60. The molecule has 11 heteroatoms. The first-order valence-corrected chi connectivity index (χ1v) is 11.5. The van der Waals surface area contributed by atoms with Gasteiger partial charge in [0, 0.05) is 33.2 Å². The number of carbonyl (C=O) groups is 1. The minimum atomic E-state index is -2.88. The van der Waals surface area contributed by atoms with E-state index >= 15 is 0 Å². The Labute approximate surface area is 203 Å². The molecule has 0 unspecified atom stereocenters. The van der Waals surface area contributed by atoms with E-state index in [-0.39, 0.29) is 17.3 Å². The second-order valence-electron chi connectivity index (χ2n) is 7.39. The Bertz CT molecular complexity index is 1320. The Hall–Kier alpha value is -3.37. The molecule has 176 valence electrons. The van der Waals surface area contributed by atoms with Crippen LogP contribution in [0.2, 0.25) is 5.02 Å². The van der Waals surface area contributed by atoms with Crippen LogP contribution < -0.4 is 10.6 Å². The third-order valence-corrected chi connectivity index (χ3v) is 6.35. The van der Waals surface area contributed by atoms with Gasteiger partial charge >= 0.3 is 6.61 Å². The lowest BCUT2D eigenvalue weighted by atomic mass is 10.2. The number of aryl methyl sites for hydroxylation is 1. The summed E-state index contributed by atoms with van der Waals surface area (Å²) in [5, 5.41) is 9.22. The molecule has 4 aromatic rings. The number of halogens is 3. The van der Waals surface area contributed by atoms with Crippen molar-refractivity contribution in [2.24, 2.45) is 0 Å². The number of hydrogen-bond acceptors (Lipinski definition) is 6. The molecular formula is C23H20ClF2N5O2S. The maximum atomic E-state index is 13.0. The van der Waals surface area contributed by atoms with Gasteiger partial charge in [0.05, 0.1) is 5.75 Å². The third-order valence-electron chi connectivity index (χ3n) is 5.15. The molecule has 2 aromatic heterocycles. The van der Waals surface area contributed by atoms with Crippen molar-refractivity contribution in [1.29, 1.82) is 0 Å². The second kappa shape index (κ2) is 9.86. The molecule has 0 aliphatic rings. The van der Waals surface area contributed by atoms with Gasteiger partial charge in [-0.25, -0.2) is 4.68 Å². The number of nitrogen functional groups attached to an aromatic ring is 1.